The van der Waals surface area contributed by atoms with Crippen LogP contribution in [0.1, 0.15) is 0 Å². The van der Waals surface area contributed by atoms with E-state index < -0.39 is 27.7 Å². The molecular weight excluding hydrogens is 578 g/mol. The normalized spacial score (nSPS) is 10.9. The molecule has 6 aromatic rings. The summed E-state index contributed by atoms with van der Waals surface area (Å²) in [6, 6.07) is 56.6. The van der Waals surface area contributed by atoms with Gasteiger partial charge in [0.15, 0.2) is 0 Å². The van der Waals surface area contributed by atoms with E-state index in [0.717, 1.165) is 31.8 Å². The number of hydrogen-bond acceptors (Lipinski definition) is 2. The van der Waals surface area contributed by atoms with E-state index in [1.54, 1.807) is 0 Å². The van der Waals surface area contributed by atoms with Gasteiger partial charge in [0.1, 0.15) is 0 Å². The first-order chi connectivity index (χ1) is 21.7. The zero-order valence-corrected chi connectivity index (χ0v) is 25.7. The molecule has 214 valence electrons. The molecule has 2 amide bonds. The van der Waals surface area contributed by atoms with Crippen molar-refractivity contribution < 1.29 is 9.59 Å². The minimum Gasteiger partial charge on any atom is -0.317 e. The molecule has 6 rings (SSSR count). The third kappa shape index (κ3) is 6.68. The van der Waals surface area contributed by atoms with Crippen LogP contribution in [0.4, 0.5) is 11.4 Å². The standard InChI is InChI=1S/C38H30N2O2P2/c41-37(39-33-25-13-15-27-35(33)43(29-17-5-1-6-18-29)30-19-7-2-8-20-30)38(42)40-34-26-14-16-28-36(34)44(31-21-9-3-10-22-31)32-23-11-4-12-24-32/h1-28H,(H,39,41)(H,40,42). The lowest BCUT2D eigenvalue weighted by Gasteiger charge is -2.23. The molecule has 0 heterocycles. The lowest BCUT2D eigenvalue weighted by Crippen LogP contribution is -2.33. The highest BCUT2D eigenvalue weighted by molar-refractivity contribution is 7.80. The Morgan fingerprint density at radius 2 is 0.591 bits per heavy atom. The second kappa shape index (κ2) is 14.1. The van der Waals surface area contributed by atoms with Crippen LogP contribution in [0, 0.1) is 0 Å². The van der Waals surface area contributed by atoms with Gasteiger partial charge in [0.25, 0.3) is 0 Å². The third-order valence-corrected chi connectivity index (χ3v) is 12.1. The minimum atomic E-state index is -0.974. The molecule has 0 radical (unpaired) electrons. The number of para-hydroxylation sites is 2. The zero-order valence-electron chi connectivity index (χ0n) is 23.9. The molecule has 44 heavy (non-hydrogen) atoms. The smallest absolute Gasteiger partial charge is 0.314 e. The highest BCUT2D eigenvalue weighted by atomic mass is 31.1. The maximum absolute atomic E-state index is 13.5. The Morgan fingerprint density at radius 3 is 0.886 bits per heavy atom. The molecule has 2 N–H and O–H groups in total. The monoisotopic (exact) mass is 608 g/mol. The molecule has 0 atom stereocenters. The average molecular weight is 609 g/mol. The molecule has 6 heteroatoms. The molecule has 6 aromatic carbocycles. The number of hydrogen-bond donors (Lipinski definition) is 2. The Morgan fingerprint density at radius 1 is 0.341 bits per heavy atom. The fourth-order valence-electron chi connectivity index (χ4n) is 5.07. The van der Waals surface area contributed by atoms with E-state index in [1.807, 2.05) is 121 Å². The molecular formula is C38H30N2O2P2. The summed E-state index contributed by atoms with van der Waals surface area (Å²) in [5.41, 5.74) is 1.24. The maximum atomic E-state index is 13.5. The summed E-state index contributed by atoms with van der Waals surface area (Å²) in [6.45, 7) is 0. The van der Waals surface area contributed by atoms with Crippen LogP contribution in [-0.4, -0.2) is 11.8 Å². The summed E-state index contributed by atoms with van der Waals surface area (Å²) in [4.78, 5) is 27.0. The van der Waals surface area contributed by atoms with E-state index in [9.17, 15) is 9.59 Å². The largest absolute Gasteiger partial charge is 0.317 e. The average Bonchev–Trinajstić information content (AvgIpc) is 3.08. The quantitative estimate of drug-likeness (QED) is 0.170. The first-order valence-corrected chi connectivity index (χ1v) is 17.0. The SMILES string of the molecule is O=C(Nc1ccccc1P(c1ccccc1)c1ccccc1)C(=O)Nc1ccccc1P(c1ccccc1)c1ccccc1. The highest BCUT2D eigenvalue weighted by Gasteiger charge is 2.24. The van der Waals surface area contributed by atoms with Gasteiger partial charge in [-0.1, -0.05) is 158 Å². The number of anilines is 2. The van der Waals surface area contributed by atoms with Crippen molar-refractivity contribution in [2.75, 3.05) is 10.6 Å². The Labute approximate surface area is 260 Å². The van der Waals surface area contributed by atoms with Gasteiger partial charge in [-0.3, -0.25) is 9.59 Å². The number of nitrogens with one attached hydrogen (secondary N) is 2. The summed E-state index contributed by atoms with van der Waals surface area (Å²) < 4.78 is 0. The molecule has 0 unspecified atom stereocenters. The van der Waals surface area contributed by atoms with Crippen LogP contribution in [0.25, 0.3) is 0 Å². The van der Waals surface area contributed by atoms with E-state index in [1.165, 1.54) is 0 Å². The van der Waals surface area contributed by atoms with Gasteiger partial charge in [-0.25, -0.2) is 0 Å². The Bertz CT molecular complexity index is 1630. The summed E-state index contributed by atoms with van der Waals surface area (Å²) >= 11 is 0. The van der Waals surface area contributed by atoms with Crippen LogP contribution in [0.3, 0.4) is 0 Å². The van der Waals surface area contributed by atoms with E-state index in [2.05, 4.69) is 59.2 Å². The van der Waals surface area contributed by atoms with E-state index >= 15 is 0 Å². The predicted molar refractivity (Wildman–Crippen MR) is 188 cm³/mol. The topological polar surface area (TPSA) is 58.2 Å². The summed E-state index contributed by atoms with van der Waals surface area (Å²) in [7, 11) is -1.95. The molecule has 0 aromatic heterocycles. The van der Waals surface area contributed by atoms with Crippen molar-refractivity contribution in [1.82, 2.24) is 0 Å². The van der Waals surface area contributed by atoms with Crippen LogP contribution in [0.15, 0.2) is 170 Å². The van der Waals surface area contributed by atoms with Gasteiger partial charge in [0.2, 0.25) is 0 Å². The Kier molecular flexibility index (Phi) is 9.33. The Hall–Kier alpha value is -4.88. The maximum Gasteiger partial charge on any atom is 0.314 e. The molecule has 0 aliphatic carbocycles. The van der Waals surface area contributed by atoms with Gasteiger partial charge < -0.3 is 10.6 Å². The Balaban J connectivity index is 1.29. The van der Waals surface area contributed by atoms with Crippen molar-refractivity contribution in [3.63, 3.8) is 0 Å². The van der Waals surface area contributed by atoms with Gasteiger partial charge in [-0.2, -0.15) is 0 Å². The van der Waals surface area contributed by atoms with Crippen molar-refractivity contribution >= 4 is 70.9 Å². The van der Waals surface area contributed by atoms with Crippen LogP contribution in [0.2, 0.25) is 0 Å². The van der Waals surface area contributed by atoms with Crippen molar-refractivity contribution in [2.24, 2.45) is 0 Å². The predicted octanol–water partition coefficient (Wildman–Crippen LogP) is 5.78. The second-order valence-electron chi connectivity index (χ2n) is 9.96. The van der Waals surface area contributed by atoms with Crippen LogP contribution < -0.4 is 42.5 Å². The lowest BCUT2D eigenvalue weighted by molar-refractivity contribution is -0.132. The fraction of sp³-hybridized carbons (Fsp3) is 0. The molecule has 0 saturated heterocycles. The molecule has 0 aliphatic rings. The van der Waals surface area contributed by atoms with Crippen molar-refractivity contribution in [2.45, 2.75) is 0 Å². The van der Waals surface area contributed by atoms with Crippen LogP contribution in [0.5, 0.6) is 0 Å². The number of rotatable bonds is 8. The summed E-state index contributed by atoms with van der Waals surface area (Å²) in [5.74, 6) is -1.43. The fourth-order valence-corrected chi connectivity index (χ4v) is 9.87. The minimum absolute atomic E-state index is 0.621. The van der Waals surface area contributed by atoms with Gasteiger partial charge in [-0.05, 0) is 49.2 Å². The van der Waals surface area contributed by atoms with Gasteiger partial charge in [-0.15, -0.1) is 0 Å². The van der Waals surface area contributed by atoms with Crippen molar-refractivity contribution in [1.29, 1.82) is 0 Å². The van der Waals surface area contributed by atoms with E-state index in [4.69, 9.17) is 0 Å². The molecule has 0 fully saturated rings. The highest BCUT2D eigenvalue weighted by Crippen LogP contribution is 2.37. The molecule has 0 bridgehead atoms. The summed E-state index contributed by atoms with van der Waals surface area (Å²) in [6.07, 6.45) is 0. The zero-order chi connectivity index (χ0) is 30.1. The van der Waals surface area contributed by atoms with E-state index in [0.29, 0.717) is 11.4 Å². The molecule has 4 nitrogen and oxygen atoms in total. The second-order valence-corrected chi connectivity index (χ2v) is 14.3. The number of carbonyl (C=O) groups is 2. The van der Waals surface area contributed by atoms with Gasteiger partial charge in [0.05, 0.1) is 0 Å². The molecule has 0 spiro atoms. The van der Waals surface area contributed by atoms with Crippen molar-refractivity contribution in [3.05, 3.63) is 170 Å². The van der Waals surface area contributed by atoms with Crippen LogP contribution >= 0.6 is 15.8 Å². The number of carbonyl (C=O) groups excluding carboxylic acids is 2. The number of benzene rings is 6. The first-order valence-electron chi connectivity index (χ1n) is 14.3. The lowest BCUT2D eigenvalue weighted by atomic mass is 10.3. The van der Waals surface area contributed by atoms with Crippen molar-refractivity contribution in [3.8, 4) is 0 Å². The summed E-state index contributed by atoms with van der Waals surface area (Å²) in [5, 5.41) is 12.4. The number of amides is 2. The van der Waals surface area contributed by atoms with E-state index in [-0.39, 0.29) is 0 Å². The third-order valence-electron chi connectivity index (χ3n) is 7.05. The molecule has 0 saturated carbocycles. The van der Waals surface area contributed by atoms with Gasteiger partial charge >= 0.3 is 11.8 Å². The molecule has 0 aliphatic heterocycles. The van der Waals surface area contributed by atoms with Crippen LogP contribution in [-0.2, 0) is 9.59 Å². The first kappa shape index (κ1) is 29.2. The van der Waals surface area contributed by atoms with Gasteiger partial charge in [0, 0.05) is 22.0 Å².